The predicted molar refractivity (Wildman–Crippen MR) is 90.6 cm³/mol. The summed E-state index contributed by atoms with van der Waals surface area (Å²) in [7, 11) is 0. The van der Waals surface area contributed by atoms with Crippen LogP contribution in [0.25, 0.3) is 16.8 Å². The van der Waals surface area contributed by atoms with Crippen molar-refractivity contribution < 1.29 is 9.53 Å². The molecule has 2 heteroatoms. The molecule has 110 valence electrons. The van der Waals surface area contributed by atoms with Crippen LogP contribution in [0.2, 0.25) is 0 Å². The Morgan fingerprint density at radius 2 is 1.78 bits per heavy atom. The molecule has 1 aliphatic carbocycles. The highest BCUT2D eigenvalue weighted by Crippen LogP contribution is 2.53. The largest absolute Gasteiger partial charge is 0.425 e. The summed E-state index contributed by atoms with van der Waals surface area (Å²) in [5.41, 5.74) is 3.28. The number of carbonyl (C=O) groups excluding carboxylic acids is 1. The molecule has 0 fully saturated rings. The van der Waals surface area contributed by atoms with Crippen LogP contribution in [0.3, 0.4) is 0 Å². The number of ether oxygens (including phenoxy) is 1. The Morgan fingerprint density at radius 3 is 2.70 bits per heavy atom. The molecule has 2 nitrogen and oxygen atoms in total. The van der Waals surface area contributed by atoms with Crippen molar-refractivity contribution in [3.63, 3.8) is 0 Å². The molecule has 0 amide bonds. The van der Waals surface area contributed by atoms with Crippen LogP contribution in [-0.2, 0) is 10.2 Å². The minimum atomic E-state index is -0.808. The highest BCUT2D eigenvalue weighted by Gasteiger charge is 2.52. The Hall–Kier alpha value is -2.87. The highest BCUT2D eigenvalue weighted by molar-refractivity contribution is 6.07. The first-order valence-electron chi connectivity index (χ1n) is 7.76. The number of aryl methyl sites for hydroxylation is 1. The molecule has 0 saturated heterocycles. The third kappa shape index (κ3) is 1.41. The van der Waals surface area contributed by atoms with Crippen LogP contribution in [0, 0.1) is 6.92 Å². The van der Waals surface area contributed by atoms with Crippen LogP contribution >= 0.6 is 0 Å². The van der Waals surface area contributed by atoms with Crippen molar-refractivity contribution in [1.29, 1.82) is 0 Å². The van der Waals surface area contributed by atoms with Gasteiger partial charge in [-0.05, 0) is 40.5 Å². The third-order valence-corrected chi connectivity index (χ3v) is 5.00. The lowest BCUT2D eigenvalue weighted by atomic mass is 9.75. The summed E-state index contributed by atoms with van der Waals surface area (Å²) in [4.78, 5) is 12.9. The zero-order valence-corrected chi connectivity index (χ0v) is 12.7. The van der Waals surface area contributed by atoms with Gasteiger partial charge in [0.1, 0.15) is 11.2 Å². The molecule has 0 N–H and O–H groups in total. The average Bonchev–Trinajstić information content (AvgIpc) is 3.10. The van der Waals surface area contributed by atoms with Gasteiger partial charge in [-0.3, -0.25) is 0 Å². The quantitative estimate of drug-likeness (QED) is 0.455. The van der Waals surface area contributed by atoms with E-state index in [0.29, 0.717) is 0 Å². The zero-order valence-electron chi connectivity index (χ0n) is 12.7. The lowest BCUT2D eigenvalue weighted by Crippen LogP contribution is -2.31. The molecule has 23 heavy (non-hydrogen) atoms. The number of hydrogen-bond acceptors (Lipinski definition) is 2. The van der Waals surface area contributed by atoms with Crippen molar-refractivity contribution in [1.82, 2.24) is 0 Å². The molecular formula is C21H14O2. The SMILES string of the molecule is Cc1cc2ccccc2c2c1OC(=O)C21C=Cc2ccccc21. The summed E-state index contributed by atoms with van der Waals surface area (Å²) in [6.45, 7) is 2.00. The molecule has 0 saturated carbocycles. The predicted octanol–water partition coefficient (Wildman–Crippen LogP) is 4.38. The Morgan fingerprint density at radius 1 is 1.00 bits per heavy atom. The third-order valence-electron chi connectivity index (χ3n) is 5.00. The van der Waals surface area contributed by atoms with Crippen molar-refractivity contribution in [3.8, 4) is 5.75 Å². The molecule has 1 atom stereocenters. The van der Waals surface area contributed by atoms with Crippen LogP contribution < -0.4 is 4.74 Å². The van der Waals surface area contributed by atoms with Gasteiger partial charge in [0.2, 0.25) is 0 Å². The molecule has 1 unspecified atom stereocenters. The summed E-state index contributed by atoms with van der Waals surface area (Å²) in [5, 5.41) is 2.22. The lowest BCUT2D eigenvalue weighted by Gasteiger charge is -2.21. The summed E-state index contributed by atoms with van der Waals surface area (Å²) in [6, 6.07) is 18.3. The van der Waals surface area contributed by atoms with Gasteiger partial charge in [0.05, 0.1) is 0 Å². The van der Waals surface area contributed by atoms with E-state index in [9.17, 15) is 4.79 Å². The van der Waals surface area contributed by atoms with E-state index in [-0.39, 0.29) is 5.97 Å². The topological polar surface area (TPSA) is 26.3 Å². The number of fused-ring (bicyclic) bond motifs is 6. The zero-order chi connectivity index (χ0) is 15.6. The van der Waals surface area contributed by atoms with E-state index < -0.39 is 5.41 Å². The van der Waals surface area contributed by atoms with E-state index in [1.54, 1.807) is 0 Å². The van der Waals surface area contributed by atoms with Crippen molar-refractivity contribution >= 4 is 22.8 Å². The number of benzene rings is 3. The molecule has 5 rings (SSSR count). The fourth-order valence-electron chi connectivity index (χ4n) is 3.97. The molecule has 0 aromatic heterocycles. The number of rotatable bonds is 0. The summed E-state index contributed by atoms with van der Waals surface area (Å²) in [5.74, 6) is 0.517. The van der Waals surface area contributed by atoms with E-state index in [4.69, 9.17) is 4.74 Å². The van der Waals surface area contributed by atoms with Crippen LogP contribution in [0.15, 0.2) is 60.7 Å². The molecule has 2 aliphatic rings. The second kappa shape index (κ2) is 4.11. The van der Waals surface area contributed by atoms with Crippen LogP contribution in [0.4, 0.5) is 0 Å². The standard InChI is InChI=1S/C21H14O2/c1-13-12-15-7-2-4-8-16(15)18-19(13)23-20(22)21(18)11-10-14-6-3-5-9-17(14)21/h2-12H,1H3. The van der Waals surface area contributed by atoms with Crippen LogP contribution in [0.5, 0.6) is 5.75 Å². The van der Waals surface area contributed by atoms with E-state index in [1.165, 1.54) is 0 Å². The summed E-state index contributed by atoms with van der Waals surface area (Å²) < 4.78 is 5.75. The van der Waals surface area contributed by atoms with Crippen molar-refractivity contribution in [2.45, 2.75) is 12.3 Å². The molecule has 1 spiro atoms. The van der Waals surface area contributed by atoms with Gasteiger partial charge in [0.15, 0.2) is 0 Å². The van der Waals surface area contributed by atoms with E-state index in [1.807, 2.05) is 55.5 Å². The Bertz CT molecular complexity index is 1030. The van der Waals surface area contributed by atoms with Gasteiger partial charge < -0.3 is 4.74 Å². The highest BCUT2D eigenvalue weighted by atomic mass is 16.5. The smallest absolute Gasteiger partial charge is 0.330 e. The van der Waals surface area contributed by atoms with Gasteiger partial charge in [-0.25, -0.2) is 4.79 Å². The molecule has 3 aromatic rings. The van der Waals surface area contributed by atoms with E-state index in [2.05, 4.69) is 18.2 Å². The van der Waals surface area contributed by atoms with Gasteiger partial charge >= 0.3 is 5.97 Å². The van der Waals surface area contributed by atoms with Crippen LogP contribution in [0.1, 0.15) is 22.3 Å². The van der Waals surface area contributed by atoms with E-state index >= 15 is 0 Å². The summed E-state index contributed by atoms with van der Waals surface area (Å²) in [6.07, 6.45) is 4.03. The number of hydrogen-bond donors (Lipinski definition) is 0. The molecule has 3 aromatic carbocycles. The van der Waals surface area contributed by atoms with Crippen molar-refractivity contribution in [2.75, 3.05) is 0 Å². The van der Waals surface area contributed by atoms with E-state index in [0.717, 1.165) is 38.8 Å². The maximum Gasteiger partial charge on any atom is 0.330 e. The first-order chi connectivity index (χ1) is 11.2. The molecule has 0 bridgehead atoms. The fraction of sp³-hybridized carbons (Fsp3) is 0.0952. The monoisotopic (exact) mass is 298 g/mol. The van der Waals surface area contributed by atoms with Gasteiger partial charge in [-0.2, -0.15) is 0 Å². The molecule has 1 heterocycles. The van der Waals surface area contributed by atoms with Gasteiger partial charge in [-0.1, -0.05) is 60.7 Å². The number of carbonyl (C=O) groups is 1. The minimum absolute atomic E-state index is 0.201. The molecule has 0 radical (unpaired) electrons. The second-order valence-electron chi connectivity index (χ2n) is 6.24. The first-order valence-corrected chi connectivity index (χ1v) is 7.76. The first kappa shape index (κ1) is 12.7. The van der Waals surface area contributed by atoms with Gasteiger partial charge in [0, 0.05) is 5.56 Å². The molecule has 1 aliphatic heterocycles. The summed E-state index contributed by atoms with van der Waals surface area (Å²) >= 11 is 0. The Labute approximate surface area is 134 Å². The van der Waals surface area contributed by atoms with Gasteiger partial charge in [0.25, 0.3) is 0 Å². The van der Waals surface area contributed by atoms with Gasteiger partial charge in [-0.15, -0.1) is 0 Å². The van der Waals surface area contributed by atoms with Crippen LogP contribution in [-0.4, -0.2) is 5.97 Å². The Balaban J connectivity index is 1.97. The lowest BCUT2D eigenvalue weighted by molar-refractivity contribution is -0.135. The average molecular weight is 298 g/mol. The normalized spacial score (nSPS) is 20.8. The van der Waals surface area contributed by atoms with Crippen molar-refractivity contribution in [2.24, 2.45) is 0 Å². The molecular weight excluding hydrogens is 284 g/mol. The Kier molecular flexibility index (Phi) is 2.26. The maximum absolute atomic E-state index is 12.9. The fourth-order valence-corrected chi connectivity index (χ4v) is 3.97. The number of esters is 1. The second-order valence-corrected chi connectivity index (χ2v) is 6.24. The minimum Gasteiger partial charge on any atom is -0.425 e. The van der Waals surface area contributed by atoms with Crippen molar-refractivity contribution in [3.05, 3.63) is 82.9 Å². The maximum atomic E-state index is 12.9.